The summed E-state index contributed by atoms with van der Waals surface area (Å²) in [4.78, 5) is 5.36. The number of oxime groups is 1. The normalized spacial score (nSPS) is 43.1. The minimum atomic E-state index is -1.59. The lowest BCUT2D eigenvalue weighted by Gasteiger charge is -2.61. The lowest BCUT2D eigenvalue weighted by atomic mass is 9.44. The van der Waals surface area contributed by atoms with E-state index in [0.717, 1.165) is 23.7 Å². The van der Waals surface area contributed by atoms with Crippen molar-refractivity contribution < 1.29 is 13.7 Å². The third-order valence-electron chi connectivity index (χ3n) is 10.4. The fraction of sp³-hybridized carbons (Fsp3) is 0.964. The number of rotatable bonds is 7. The Bertz CT molecular complexity index is 760. The van der Waals surface area contributed by atoms with Crippen LogP contribution in [0.4, 0.5) is 0 Å². The topological polar surface area (TPSA) is 40.0 Å². The summed E-state index contributed by atoms with van der Waals surface area (Å²) in [6, 6.07) is 0. The zero-order valence-electron chi connectivity index (χ0n) is 23.7. The van der Waals surface area contributed by atoms with Crippen molar-refractivity contribution in [2.75, 3.05) is 13.7 Å². The summed E-state index contributed by atoms with van der Waals surface area (Å²) in [5.41, 5.74) is 2.05. The fourth-order valence-corrected chi connectivity index (χ4v) is 10.8. The van der Waals surface area contributed by atoms with Gasteiger partial charge < -0.3 is 13.7 Å². The van der Waals surface area contributed by atoms with Gasteiger partial charge in [-0.15, -0.1) is 0 Å². The molecule has 4 fully saturated rings. The molecule has 8 atom stereocenters. The Morgan fingerprint density at radius 2 is 1.50 bits per heavy atom. The summed E-state index contributed by atoms with van der Waals surface area (Å²) in [5, 5.41) is 4.57. The van der Waals surface area contributed by atoms with Gasteiger partial charge in [-0.3, -0.25) is 0 Å². The Balaban J connectivity index is 1.49. The quantitative estimate of drug-likeness (QED) is 0.201. The molecule has 6 unspecified atom stereocenters. The molecule has 0 aliphatic heterocycles. The van der Waals surface area contributed by atoms with E-state index >= 15 is 0 Å². The summed E-state index contributed by atoms with van der Waals surface area (Å²) in [5.74, 6) is 4.00. The summed E-state index contributed by atoms with van der Waals surface area (Å²) in [6.07, 6.45) is 12.7. The van der Waals surface area contributed by atoms with Crippen molar-refractivity contribution in [3.05, 3.63) is 0 Å². The molecule has 196 valence electrons. The predicted octanol–water partition coefficient (Wildman–Crippen LogP) is 7.72. The monoisotopic (exact) mass is 507 g/mol. The predicted molar refractivity (Wildman–Crippen MR) is 147 cm³/mol. The molecule has 0 heterocycles. The SMILES string of the molecule is CO/N=C(\CO[Si](C)(C)C)C1CCC2C3CC[C@@H]4C[C@H](O[Si](C)(C)C)CCC4(C)C3CCC12C. The smallest absolute Gasteiger partial charge is 0.184 e. The van der Waals surface area contributed by atoms with Gasteiger partial charge in [-0.25, -0.2) is 0 Å². The van der Waals surface area contributed by atoms with E-state index in [4.69, 9.17) is 13.7 Å². The number of hydrogen-bond acceptors (Lipinski definition) is 4. The average molecular weight is 508 g/mol. The molecule has 0 amide bonds. The first-order chi connectivity index (χ1) is 15.8. The minimum Gasteiger partial charge on any atom is -0.415 e. The maximum Gasteiger partial charge on any atom is 0.184 e. The van der Waals surface area contributed by atoms with E-state index in [1.54, 1.807) is 7.11 Å². The van der Waals surface area contributed by atoms with E-state index in [0.29, 0.717) is 29.5 Å². The van der Waals surface area contributed by atoms with Gasteiger partial charge in [0.25, 0.3) is 0 Å². The molecule has 0 aromatic rings. The lowest BCUT2D eigenvalue weighted by molar-refractivity contribution is -0.121. The van der Waals surface area contributed by atoms with Crippen LogP contribution in [0, 0.1) is 40.4 Å². The molecule has 0 aromatic carbocycles. The Morgan fingerprint density at radius 1 is 0.824 bits per heavy atom. The van der Waals surface area contributed by atoms with Gasteiger partial charge in [0.05, 0.1) is 12.3 Å². The molecular formula is C28H53NO3Si2. The highest BCUT2D eigenvalue weighted by atomic mass is 28.4. The second-order valence-corrected chi connectivity index (χ2v) is 23.6. The van der Waals surface area contributed by atoms with Gasteiger partial charge in [-0.05, 0) is 132 Å². The molecule has 4 nitrogen and oxygen atoms in total. The molecule has 0 spiro atoms. The average Bonchev–Trinajstić information content (AvgIpc) is 3.07. The Kier molecular flexibility index (Phi) is 7.59. The van der Waals surface area contributed by atoms with Gasteiger partial charge >= 0.3 is 0 Å². The highest BCUT2D eigenvalue weighted by molar-refractivity contribution is 6.70. The van der Waals surface area contributed by atoms with Crippen LogP contribution in [0.2, 0.25) is 39.3 Å². The largest absolute Gasteiger partial charge is 0.415 e. The molecule has 6 heteroatoms. The zero-order valence-corrected chi connectivity index (χ0v) is 25.7. The highest BCUT2D eigenvalue weighted by Crippen LogP contribution is 2.67. The standard InChI is InChI=1S/C28H53NO3Si2/c1-27-16-14-21(32-34(7,8)9)18-20(27)10-11-22-23-12-13-25(28(23,2)17-15-24(22)27)26(29-30-3)19-31-33(4,5)6/h20-25H,10-19H2,1-9H3/b29-26+/t20-,21-,22?,23?,24?,25?,27?,28?/m1/s1. The van der Waals surface area contributed by atoms with Gasteiger partial charge in [0.1, 0.15) is 7.11 Å². The van der Waals surface area contributed by atoms with Crippen molar-refractivity contribution >= 4 is 22.3 Å². The first-order valence-electron chi connectivity index (χ1n) is 14.2. The molecule has 0 bridgehead atoms. The molecule has 0 N–H and O–H groups in total. The van der Waals surface area contributed by atoms with Crippen LogP contribution in [0.1, 0.15) is 71.6 Å². The minimum absolute atomic E-state index is 0.350. The molecule has 34 heavy (non-hydrogen) atoms. The van der Waals surface area contributed by atoms with Crippen LogP contribution in [-0.4, -0.2) is 42.2 Å². The molecule has 4 rings (SSSR count). The fourth-order valence-electron chi connectivity index (χ4n) is 8.97. The van der Waals surface area contributed by atoms with Crippen LogP contribution in [0.3, 0.4) is 0 Å². The van der Waals surface area contributed by atoms with Gasteiger partial charge in [0, 0.05) is 12.0 Å². The van der Waals surface area contributed by atoms with E-state index in [1.165, 1.54) is 63.5 Å². The highest BCUT2D eigenvalue weighted by Gasteiger charge is 2.61. The van der Waals surface area contributed by atoms with Crippen molar-refractivity contribution in [3.63, 3.8) is 0 Å². The van der Waals surface area contributed by atoms with E-state index < -0.39 is 16.6 Å². The van der Waals surface area contributed by atoms with Crippen LogP contribution in [0.15, 0.2) is 5.16 Å². The first kappa shape index (κ1) is 26.9. The van der Waals surface area contributed by atoms with Crippen LogP contribution in [-0.2, 0) is 13.7 Å². The van der Waals surface area contributed by atoms with Crippen LogP contribution < -0.4 is 0 Å². The zero-order chi connectivity index (χ0) is 24.9. The molecule has 0 aromatic heterocycles. The van der Waals surface area contributed by atoms with Gasteiger partial charge in [0.2, 0.25) is 0 Å². The van der Waals surface area contributed by atoms with Crippen molar-refractivity contribution in [2.24, 2.45) is 45.6 Å². The van der Waals surface area contributed by atoms with Gasteiger partial charge in [0.15, 0.2) is 16.6 Å². The molecule has 4 saturated carbocycles. The van der Waals surface area contributed by atoms with Crippen LogP contribution in [0.25, 0.3) is 0 Å². The van der Waals surface area contributed by atoms with E-state index in [-0.39, 0.29) is 0 Å². The number of nitrogens with zero attached hydrogens (tertiary/aromatic N) is 1. The summed E-state index contributed by atoms with van der Waals surface area (Å²) in [7, 11) is -1.35. The number of hydrogen-bond donors (Lipinski definition) is 0. The molecule has 4 aliphatic carbocycles. The maximum absolute atomic E-state index is 6.61. The maximum atomic E-state index is 6.61. The van der Waals surface area contributed by atoms with Crippen molar-refractivity contribution in [3.8, 4) is 0 Å². The Labute approximate surface area is 212 Å². The van der Waals surface area contributed by atoms with Crippen molar-refractivity contribution in [1.82, 2.24) is 0 Å². The summed E-state index contributed by atoms with van der Waals surface area (Å²) >= 11 is 0. The second kappa shape index (κ2) is 9.61. The second-order valence-electron chi connectivity index (χ2n) is 14.6. The van der Waals surface area contributed by atoms with Gasteiger partial charge in [-0.1, -0.05) is 19.0 Å². The summed E-state index contributed by atoms with van der Waals surface area (Å²) in [6.45, 7) is 19.8. The van der Waals surface area contributed by atoms with Crippen molar-refractivity contribution in [1.29, 1.82) is 0 Å². The van der Waals surface area contributed by atoms with Crippen LogP contribution in [0.5, 0.6) is 0 Å². The molecule has 0 radical (unpaired) electrons. The van der Waals surface area contributed by atoms with E-state index in [2.05, 4.69) is 58.3 Å². The third-order valence-corrected chi connectivity index (χ3v) is 12.5. The Morgan fingerprint density at radius 3 is 2.15 bits per heavy atom. The van der Waals surface area contributed by atoms with Gasteiger partial charge in [-0.2, -0.15) is 0 Å². The molecule has 4 aliphatic rings. The van der Waals surface area contributed by atoms with E-state index in [9.17, 15) is 0 Å². The van der Waals surface area contributed by atoms with E-state index in [1.807, 2.05) is 0 Å². The number of fused-ring (bicyclic) bond motifs is 5. The van der Waals surface area contributed by atoms with Crippen molar-refractivity contribution in [2.45, 2.75) is 117 Å². The summed E-state index contributed by atoms with van der Waals surface area (Å²) < 4.78 is 12.9. The molecule has 0 saturated heterocycles. The molecular weight excluding hydrogens is 454 g/mol. The van der Waals surface area contributed by atoms with Crippen LogP contribution >= 0.6 is 0 Å². The lowest BCUT2D eigenvalue weighted by Crippen LogP contribution is -2.55. The first-order valence-corrected chi connectivity index (χ1v) is 21.0. The third kappa shape index (κ3) is 5.26. The Hall–Kier alpha value is -0.176.